The van der Waals surface area contributed by atoms with Gasteiger partial charge in [0, 0.05) is 57.2 Å². The van der Waals surface area contributed by atoms with Crippen molar-refractivity contribution in [2.75, 3.05) is 43.0 Å². The van der Waals surface area contributed by atoms with Crippen molar-refractivity contribution in [3.05, 3.63) is 42.5 Å². The molecule has 2 saturated heterocycles. The zero-order valence-electron chi connectivity index (χ0n) is 25.0. The van der Waals surface area contributed by atoms with Gasteiger partial charge in [0.1, 0.15) is 11.6 Å². The molecule has 1 saturated carbocycles. The van der Waals surface area contributed by atoms with Crippen LogP contribution in [0.2, 0.25) is 0 Å². The fourth-order valence-corrected chi connectivity index (χ4v) is 6.99. The Morgan fingerprint density at radius 3 is 2.59 bits per heavy atom. The maximum atomic E-state index is 12.9. The van der Waals surface area contributed by atoms with E-state index in [-0.39, 0.29) is 30.9 Å². The molecule has 46 heavy (non-hydrogen) atoms. The highest BCUT2D eigenvalue weighted by Gasteiger charge is 2.44. The molecule has 0 spiro atoms. The Morgan fingerprint density at radius 1 is 1.13 bits per heavy atom. The monoisotopic (exact) mass is 658 g/mol. The molecule has 12 nitrogen and oxygen atoms in total. The Hall–Kier alpha value is -4.23. The molecule has 5 heterocycles. The number of hydrogen-bond acceptors (Lipinski definition) is 10. The van der Waals surface area contributed by atoms with E-state index in [1.165, 1.54) is 18.6 Å². The number of pyridine rings is 1. The lowest BCUT2D eigenvalue weighted by Gasteiger charge is -2.39. The van der Waals surface area contributed by atoms with Crippen LogP contribution in [0.1, 0.15) is 44.6 Å². The molecule has 3 fully saturated rings. The summed E-state index contributed by atoms with van der Waals surface area (Å²) in [5.41, 5.74) is 1.60. The number of hydrogen-bond donors (Lipinski definition) is 2. The van der Waals surface area contributed by atoms with E-state index >= 15 is 0 Å². The minimum atomic E-state index is -4.91. The number of alkyl halides is 3. The Balaban J connectivity index is 1.23. The van der Waals surface area contributed by atoms with Crippen molar-refractivity contribution < 1.29 is 31.5 Å². The largest absolute Gasteiger partial charge is 0.471 e. The van der Waals surface area contributed by atoms with Gasteiger partial charge >= 0.3 is 12.1 Å². The average Bonchev–Trinajstić information content (AvgIpc) is 3.59. The summed E-state index contributed by atoms with van der Waals surface area (Å²) in [5.74, 6) is 5.04. The molecule has 1 atom stereocenters. The maximum Gasteiger partial charge on any atom is 0.471 e. The first kappa shape index (κ1) is 31.7. The molecule has 0 aromatic carbocycles. The predicted molar refractivity (Wildman–Crippen MR) is 162 cm³/mol. The lowest BCUT2D eigenvalue weighted by Crippen LogP contribution is -2.40. The van der Waals surface area contributed by atoms with Crippen molar-refractivity contribution in [1.29, 1.82) is 0 Å². The van der Waals surface area contributed by atoms with Crippen molar-refractivity contribution >= 4 is 33.3 Å². The van der Waals surface area contributed by atoms with Gasteiger partial charge in [-0.15, -0.1) is 0 Å². The standard InChI is InChI=1S/C30H33F3N8O4S/c1-29(19-42)8-12-39(13-9-29)24-14-26(35-15-21(24)3-2-20-7-11-40(17-20)28(43)30(31,32)33)37-25-6-10-34-27(38-25)22-16-36-41(18-22)46(44,45)23-4-5-23/h6,10,14-16,18,20,23,42H,4-5,7-9,11-13,17,19H2,1H3,(H,34,35,37,38). The van der Waals surface area contributed by atoms with Crippen molar-refractivity contribution in [3.63, 3.8) is 0 Å². The van der Waals surface area contributed by atoms with E-state index in [4.69, 9.17) is 0 Å². The number of halogens is 3. The number of piperidine rings is 1. The second-order valence-corrected chi connectivity index (χ2v) is 14.4. The van der Waals surface area contributed by atoms with Crippen molar-refractivity contribution in [1.82, 2.24) is 29.0 Å². The van der Waals surface area contributed by atoms with Crippen molar-refractivity contribution in [3.8, 4) is 23.2 Å². The van der Waals surface area contributed by atoms with Crippen LogP contribution in [-0.4, -0.2) is 92.7 Å². The molecule has 1 unspecified atom stereocenters. The van der Waals surface area contributed by atoms with Crippen LogP contribution in [0.3, 0.4) is 0 Å². The quantitative estimate of drug-likeness (QED) is 0.363. The first-order valence-corrected chi connectivity index (χ1v) is 16.5. The number of rotatable bonds is 7. The number of aromatic nitrogens is 5. The summed E-state index contributed by atoms with van der Waals surface area (Å²) in [5, 5.41) is 16.6. The highest BCUT2D eigenvalue weighted by Crippen LogP contribution is 2.35. The molecule has 244 valence electrons. The zero-order valence-corrected chi connectivity index (χ0v) is 25.9. The van der Waals surface area contributed by atoms with Gasteiger partial charge in [0.05, 0.1) is 34.5 Å². The van der Waals surface area contributed by atoms with Gasteiger partial charge < -0.3 is 20.2 Å². The summed E-state index contributed by atoms with van der Waals surface area (Å²) in [6, 6.07) is 3.47. The molecule has 0 radical (unpaired) electrons. The van der Waals surface area contributed by atoms with E-state index < -0.39 is 33.3 Å². The second kappa shape index (κ2) is 12.2. The Bertz CT molecular complexity index is 1790. The lowest BCUT2D eigenvalue weighted by atomic mass is 9.81. The molecule has 0 bridgehead atoms. The van der Waals surface area contributed by atoms with E-state index in [9.17, 15) is 31.5 Å². The van der Waals surface area contributed by atoms with Gasteiger partial charge in [-0.05, 0) is 43.6 Å². The van der Waals surface area contributed by atoms with Crippen LogP contribution in [0.5, 0.6) is 0 Å². The van der Waals surface area contributed by atoms with Gasteiger partial charge in [0.15, 0.2) is 5.82 Å². The minimum Gasteiger partial charge on any atom is -0.396 e. The summed E-state index contributed by atoms with van der Waals surface area (Å²) >= 11 is 0. The Kier molecular flexibility index (Phi) is 8.40. The minimum absolute atomic E-state index is 0.00440. The van der Waals surface area contributed by atoms with Crippen molar-refractivity contribution in [2.24, 2.45) is 11.3 Å². The predicted octanol–water partition coefficient (Wildman–Crippen LogP) is 3.18. The zero-order chi connectivity index (χ0) is 32.7. The normalized spacial score (nSPS) is 19.9. The SMILES string of the molecule is CC1(CO)CCN(c2cc(Nc3ccnc(-c4cnn(S(=O)(=O)C5CC5)c4)n3)ncc2C#CC2CCN(C(=O)C(F)(F)F)C2)CC1. The molecule has 1 aliphatic carbocycles. The third kappa shape index (κ3) is 6.80. The molecule has 1 amide bonds. The Morgan fingerprint density at radius 2 is 1.89 bits per heavy atom. The van der Waals surface area contributed by atoms with Gasteiger partial charge in [0.2, 0.25) is 0 Å². The average molecular weight is 659 g/mol. The number of aliphatic hydroxyl groups is 1. The molecule has 6 rings (SSSR count). The number of amides is 1. The van der Waals surface area contributed by atoms with E-state index in [1.807, 2.05) is 13.0 Å². The van der Waals surface area contributed by atoms with Crippen LogP contribution in [0.15, 0.2) is 36.9 Å². The number of carbonyl (C=O) groups is 1. The van der Waals surface area contributed by atoms with Gasteiger partial charge in [-0.3, -0.25) is 4.79 Å². The third-order valence-electron chi connectivity index (χ3n) is 8.64. The van der Waals surface area contributed by atoms with Crippen LogP contribution in [0.4, 0.5) is 30.5 Å². The topological polar surface area (TPSA) is 146 Å². The summed E-state index contributed by atoms with van der Waals surface area (Å²) in [6.45, 7) is 3.32. The number of anilines is 3. The Labute approximate surface area is 264 Å². The van der Waals surface area contributed by atoms with Gasteiger partial charge in [-0.1, -0.05) is 18.8 Å². The first-order chi connectivity index (χ1) is 21.8. The van der Waals surface area contributed by atoms with Gasteiger partial charge in [0.25, 0.3) is 10.0 Å². The number of nitrogens with one attached hydrogen (secondary N) is 1. The molecule has 3 aliphatic rings. The van der Waals surface area contributed by atoms with E-state index in [0.29, 0.717) is 55.1 Å². The van der Waals surface area contributed by atoms with Gasteiger partial charge in [-0.25, -0.2) is 23.4 Å². The molecule has 3 aromatic rings. The number of aliphatic hydroxyl groups excluding tert-OH is 1. The summed E-state index contributed by atoms with van der Waals surface area (Å²) in [4.78, 5) is 27.9. The van der Waals surface area contributed by atoms with E-state index in [2.05, 4.69) is 42.1 Å². The van der Waals surface area contributed by atoms with E-state index in [0.717, 1.165) is 27.5 Å². The van der Waals surface area contributed by atoms with Crippen LogP contribution in [-0.2, 0) is 14.8 Å². The number of likely N-dealkylation sites (tertiary alicyclic amines) is 1. The third-order valence-corrected chi connectivity index (χ3v) is 10.7. The highest BCUT2D eigenvalue weighted by atomic mass is 32.2. The summed E-state index contributed by atoms with van der Waals surface area (Å²) in [7, 11) is -3.53. The second-order valence-electron chi connectivity index (χ2n) is 12.3. The maximum absolute atomic E-state index is 12.9. The van der Waals surface area contributed by atoms with Crippen LogP contribution in [0, 0.1) is 23.2 Å². The molecule has 16 heteroatoms. The molecular formula is C30H33F3N8O4S. The lowest BCUT2D eigenvalue weighted by molar-refractivity contribution is -0.184. The molecule has 2 N–H and O–H groups in total. The van der Waals surface area contributed by atoms with Crippen LogP contribution in [0.25, 0.3) is 11.4 Å². The fraction of sp³-hybridized carbons (Fsp3) is 0.500. The van der Waals surface area contributed by atoms with Crippen LogP contribution < -0.4 is 10.2 Å². The molecule has 2 aliphatic heterocycles. The summed E-state index contributed by atoms with van der Waals surface area (Å²) < 4.78 is 64.7. The number of nitrogens with zero attached hydrogens (tertiary/aromatic N) is 7. The smallest absolute Gasteiger partial charge is 0.396 e. The van der Waals surface area contributed by atoms with Crippen molar-refractivity contribution in [2.45, 2.75) is 50.5 Å². The molecular weight excluding hydrogens is 625 g/mol. The van der Waals surface area contributed by atoms with E-state index in [1.54, 1.807) is 12.3 Å². The van der Waals surface area contributed by atoms with Gasteiger partial charge in [-0.2, -0.15) is 22.4 Å². The first-order valence-electron chi connectivity index (χ1n) is 15.0. The highest BCUT2D eigenvalue weighted by molar-refractivity contribution is 7.90. The summed E-state index contributed by atoms with van der Waals surface area (Å²) in [6.07, 6.45) is 4.09. The fourth-order valence-electron chi connectivity index (χ4n) is 5.51. The van der Waals surface area contributed by atoms with Crippen LogP contribution >= 0.6 is 0 Å². The molecule has 3 aromatic heterocycles. The number of carbonyl (C=O) groups excluding carboxylic acids is 1.